The third-order valence-corrected chi connectivity index (χ3v) is 4.58. The van der Waals surface area contributed by atoms with Gasteiger partial charge in [0, 0.05) is 12.6 Å². The summed E-state index contributed by atoms with van der Waals surface area (Å²) in [7, 11) is -3.83. The van der Waals surface area contributed by atoms with Gasteiger partial charge >= 0.3 is 0 Å². The van der Waals surface area contributed by atoms with Crippen molar-refractivity contribution < 1.29 is 17.5 Å². The second kappa shape index (κ2) is 5.34. The van der Waals surface area contributed by atoms with Gasteiger partial charge in [0.1, 0.15) is 10.7 Å². The Kier molecular flexibility index (Phi) is 3.99. The Labute approximate surface area is 106 Å². The molecule has 0 amide bonds. The molecule has 1 fully saturated rings. The molecule has 1 saturated heterocycles. The van der Waals surface area contributed by atoms with Gasteiger partial charge in [-0.25, -0.2) is 17.5 Å². The Morgan fingerprint density at radius 1 is 1.44 bits per heavy atom. The average Bonchev–Trinajstić information content (AvgIpc) is 2.82. The first-order valence-corrected chi connectivity index (χ1v) is 7.37. The van der Waals surface area contributed by atoms with Crippen molar-refractivity contribution in [3.8, 4) is 0 Å². The Morgan fingerprint density at radius 3 is 2.78 bits per heavy atom. The van der Waals surface area contributed by atoms with Gasteiger partial charge < -0.3 is 4.74 Å². The number of hydrogen-bond acceptors (Lipinski definition) is 3. The van der Waals surface area contributed by atoms with E-state index in [0.717, 1.165) is 18.9 Å². The van der Waals surface area contributed by atoms with Gasteiger partial charge in [-0.2, -0.15) is 0 Å². The van der Waals surface area contributed by atoms with Crippen LogP contribution in [0.4, 0.5) is 4.39 Å². The van der Waals surface area contributed by atoms with Crippen molar-refractivity contribution in [2.75, 3.05) is 6.61 Å². The van der Waals surface area contributed by atoms with E-state index in [1.807, 2.05) is 0 Å². The van der Waals surface area contributed by atoms with Crippen molar-refractivity contribution in [2.45, 2.75) is 36.8 Å². The molecule has 1 aromatic rings. The summed E-state index contributed by atoms with van der Waals surface area (Å²) >= 11 is 0. The van der Waals surface area contributed by atoms with Crippen molar-refractivity contribution in [3.05, 3.63) is 30.1 Å². The molecule has 100 valence electrons. The van der Waals surface area contributed by atoms with Crippen molar-refractivity contribution in [1.82, 2.24) is 4.72 Å². The van der Waals surface area contributed by atoms with Gasteiger partial charge in [0.2, 0.25) is 10.0 Å². The first-order valence-electron chi connectivity index (χ1n) is 5.89. The lowest BCUT2D eigenvalue weighted by atomic mass is 10.1. The quantitative estimate of drug-likeness (QED) is 0.908. The average molecular weight is 273 g/mol. The van der Waals surface area contributed by atoms with Crippen molar-refractivity contribution >= 4 is 10.0 Å². The number of rotatable bonds is 4. The number of hydrogen-bond donors (Lipinski definition) is 1. The highest BCUT2D eigenvalue weighted by atomic mass is 32.2. The second-order valence-corrected chi connectivity index (χ2v) is 6.07. The minimum absolute atomic E-state index is 0.133. The van der Waals surface area contributed by atoms with Gasteiger partial charge in [0.15, 0.2) is 0 Å². The predicted octanol–water partition coefficient (Wildman–Crippen LogP) is 1.67. The number of sulfonamides is 1. The molecule has 1 aromatic carbocycles. The maximum Gasteiger partial charge on any atom is 0.243 e. The summed E-state index contributed by atoms with van der Waals surface area (Å²) < 4.78 is 45.4. The SMILES string of the molecule is CC(NS(=O)(=O)c1ccccc1F)C1CCCO1. The highest BCUT2D eigenvalue weighted by Crippen LogP contribution is 2.18. The van der Waals surface area contributed by atoms with Gasteiger partial charge in [0.25, 0.3) is 0 Å². The summed E-state index contributed by atoms with van der Waals surface area (Å²) in [6.45, 7) is 2.38. The van der Waals surface area contributed by atoms with E-state index in [2.05, 4.69) is 4.72 Å². The van der Waals surface area contributed by atoms with E-state index in [4.69, 9.17) is 4.74 Å². The summed E-state index contributed by atoms with van der Waals surface area (Å²) in [6.07, 6.45) is 1.61. The molecule has 1 aliphatic heterocycles. The molecule has 1 heterocycles. The third-order valence-electron chi connectivity index (χ3n) is 2.99. The molecule has 0 aromatic heterocycles. The largest absolute Gasteiger partial charge is 0.377 e. The lowest BCUT2D eigenvalue weighted by Crippen LogP contribution is -2.41. The van der Waals surface area contributed by atoms with E-state index >= 15 is 0 Å². The molecular formula is C12H16FNO3S. The van der Waals surface area contributed by atoms with Crippen LogP contribution in [0.1, 0.15) is 19.8 Å². The molecule has 0 spiro atoms. The zero-order valence-corrected chi connectivity index (χ0v) is 10.9. The minimum Gasteiger partial charge on any atom is -0.377 e. The van der Waals surface area contributed by atoms with E-state index in [9.17, 15) is 12.8 Å². The molecule has 0 radical (unpaired) electrons. The summed E-state index contributed by atoms with van der Waals surface area (Å²) in [5.41, 5.74) is 0. The zero-order valence-electron chi connectivity index (χ0n) is 10.1. The van der Waals surface area contributed by atoms with Gasteiger partial charge in [0.05, 0.1) is 6.10 Å². The first kappa shape index (κ1) is 13.5. The maximum absolute atomic E-state index is 13.5. The van der Waals surface area contributed by atoms with Crippen LogP contribution in [-0.2, 0) is 14.8 Å². The molecular weight excluding hydrogens is 257 g/mol. The van der Waals surface area contributed by atoms with Crippen LogP contribution in [0.5, 0.6) is 0 Å². The normalized spacial score (nSPS) is 22.0. The predicted molar refractivity (Wildman–Crippen MR) is 65.2 cm³/mol. The molecule has 2 unspecified atom stereocenters. The van der Waals surface area contributed by atoms with Crippen LogP contribution in [0.3, 0.4) is 0 Å². The molecule has 4 nitrogen and oxygen atoms in total. The molecule has 0 saturated carbocycles. The van der Waals surface area contributed by atoms with Crippen molar-refractivity contribution in [3.63, 3.8) is 0 Å². The monoisotopic (exact) mass is 273 g/mol. The highest BCUT2D eigenvalue weighted by molar-refractivity contribution is 7.89. The number of nitrogens with one attached hydrogen (secondary N) is 1. The molecule has 0 bridgehead atoms. The smallest absolute Gasteiger partial charge is 0.243 e. The van der Waals surface area contributed by atoms with E-state index in [1.54, 1.807) is 6.92 Å². The molecule has 2 rings (SSSR count). The van der Waals surface area contributed by atoms with Gasteiger partial charge in [-0.15, -0.1) is 0 Å². The molecule has 6 heteroatoms. The third kappa shape index (κ3) is 2.88. The van der Waals surface area contributed by atoms with E-state index in [0.29, 0.717) is 6.61 Å². The standard InChI is InChI=1S/C12H16FNO3S/c1-9(11-6-4-8-17-11)14-18(15,16)12-7-3-2-5-10(12)13/h2-3,5,7,9,11,14H,4,6,8H2,1H3. The van der Waals surface area contributed by atoms with Gasteiger partial charge in [-0.1, -0.05) is 12.1 Å². The summed E-state index contributed by atoms with van der Waals surface area (Å²) in [5, 5.41) is 0. The lowest BCUT2D eigenvalue weighted by molar-refractivity contribution is 0.0902. The maximum atomic E-state index is 13.5. The summed E-state index contributed by atoms with van der Waals surface area (Å²) in [4.78, 5) is -0.324. The second-order valence-electron chi connectivity index (χ2n) is 4.39. The summed E-state index contributed by atoms with van der Waals surface area (Å²) in [5.74, 6) is -0.746. The topological polar surface area (TPSA) is 55.4 Å². The van der Waals surface area contributed by atoms with Crippen LogP contribution in [-0.4, -0.2) is 27.2 Å². The number of halogens is 1. The van der Waals surface area contributed by atoms with Crippen LogP contribution in [0, 0.1) is 5.82 Å². The fraction of sp³-hybridized carbons (Fsp3) is 0.500. The first-order chi connectivity index (χ1) is 8.50. The van der Waals surface area contributed by atoms with Crippen molar-refractivity contribution in [1.29, 1.82) is 0 Å². The summed E-state index contributed by atoms with van der Waals surface area (Å²) in [6, 6.07) is 4.97. The van der Waals surface area contributed by atoms with Crippen LogP contribution in [0.2, 0.25) is 0 Å². The zero-order chi connectivity index (χ0) is 13.2. The number of ether oxygens (including phenoxy) is 1. The molecule has 1 N–H and O–H groups in total. The molecule has 1 aliphatic rings. The fourth-order valence-electron chi connectivity index (χ4n) is 2.04. The highest BCUT2D eigenvalue weighted by Gasteiger charge is 2.28. The fourth-order valence-corrected chi connectivity index (χ4v) is 3.39. The van der Waals surface area contributed by atoms with Gasteiger partial charge in [-0.05, 0) is 31.9 Å². The molecule has 2 atom stereocenters. The van der Waals surface area contributed by atoms with E-state index in [-0.39, 0.29) is 17.0 Å². The number of benzene rings is 1. The van der Waals surface area contributed by atoms with Crippen LogP contribution in [0.25, 0.3) is 0 Å². The molecule has 18 heavy (non-hydrogen) atoms. The van der Waals surface area contributed by atoms with E-state index in [1.165, 1.54) is 18.2 Å². The van der Waals surface area contributed by atoms with Gasteiger partial charge in [-0.3, -0.25) is 0 Å². The van der Waals surface area contributed by atoms with E-state index < -0.39 is 15.8 Å². The Bertz CT molecular complexity index is 512. The Balaban J connectivity index is 2.14. The van der Waals surface area contributed by atoms with Crippen LogP contribution < -0.4 is 4.72 Å². The minimum atomic E-state index is -3.83. The Hall–Kier alpha value is -0.980. The van der Waals surface area contributed by atoms with Crippen molar-refractivity contribution in [2.24, 2.45) is 0 Å². The van der Waals surface area contributed by atoms with Crippen LogP contribution in [0.15, 0.2) is 29.2 Å². The lowest BCUT2D eigenvalue weighted by Gasteiger charge is -2.20. The van der Waals surface area contributed by atoms with Crippen LogP contribution >= 0.6 is 0 Å². The molecule has 0 aliphatic carbocycles. The Morgan fingerprint density at radius 2 is 2.17 bits per heavy atom.